The number of carbonyl (C=O) groups is 3. The first kappa shape index (κ1) is 21.7. The van der Waals surface area contributed by atoms with E-state index in [0.29, 0.717) is 10.8 Å². The molecule has 9 heteroatoms. The first-order valence-corrected chi connectivity index (χ1v) is 11.0. The number of benzene rings is 1. The molecule has 0 aliphatic heterocycles. The van der Waals surface area contributed by atoms with Crippen LogP contribution in [0.1, 0.15) is 36.9 Å². The van der Waals surface area contributed by atoms with E-state index in [1.807, 2.05) is 47.8 Å². The van der Waals surface area contributed by atoms with E-state index in [4.69, 9.17) is 4.74 Å². The molecule has 7 nitrogen and oxygen atoms in total. The normalized spacial score (nSPS) is 11.5. The van der Waals surface area contributed by atoms with Crippen LogP contribution in [0.2, 0.25) is 0 Å². The third-order valence-corrected chi connectivity index (χ3v) is 5.94. The van der Waals surface area contributed by atoms with Crippen molar-refractivity contribution >= 4 is 51.3 Å². The summed E-state index contributed by atoms with van der Waals surface area (Å²) in [6, 6.07) is 12.5. The van der Waals surface area contributed by atoms with Crippen molar-refractivity contribution in [2.24, 2.45) is 0 Å². The minimum Gasteiger partial charge on any atom is -0.459 e. The summed E-state index contributed by atoms with van der Waals surface area (Å²) in [5.74, 6) is -0.813. The van der Waals surface area contributed by atoms with Gasteiger partial charge in [-0.1, -0.05) is 24.3 Å². The minimum absolute atomic E-state index is 0.00685. The van der Waals surface area contributed by atoms with E-state index in [1.165, 1.54) is 41.4 Å². The minimum atomic E-state index is -0.441. The number of para-hydroxylation sites is 1. The summed E-state index contributed by atoms with van der Waals surface area (Å²) in [6.07, 6.45) is 0.0284. The van der Waals surface area contributed by atoms with Crippen molar-refractivity contribution in [1.29, 1.82) is 0 Å². The highest BCUT2D eigenvalue weighted by Gasteiger charge is 2.21. The van der Waals surface area contributed by atoms with E-state index in [2.05, 4.69) is 10.3 Å². The fraction of sp³-hybridized carbons (Fsp3) is 0.238. The zero-order valence-corrected chi connectivity index (χ0v) is 18.2. The molecule has 3 rings (SSSR count). The molecule has 0 saturated heterocycles. The first-order valence-electron chi connectivity index (χ1n) is 9.20. The Morgan fingerprint density at radius 1 is 1.10 bits per heavy atom. The topological polar surface area (TPSA) is 88.6 Å². The Kier molecular flexibility index (Phi) is 7.31. The van der Waals surface area contributed by atoms with Crippen LogP contribution in [0.4, 0.5) is 10.8 Å². The predicted octanol–water partition coefficient (Wildman–Crippen LogP) is 4.20. The van der Waals surface area contributed by atoms with Crippen LogP contribution in [0.5, 0.6) is 0 Å². The molecule has 0 aliphatic rings. The summed E-state index contributed by atoms with van der Waals surface area (Å²) in [4.78, 5) is 42.7. The lowest BCUT2D eigenvalue weighted by Gasteiger charge is -2.17. The lowest BCUT2D eigenvalue weighted by molar-refractivity contribution is -0.145. The second-order valence-corrected chi connectivity index (χ2v) is 8.26. The fourth-order valence-electron chi connectivity index (χ4n) is 2.81. The molecule has 1 unspecified atom stereocenters. The zero-order chi connectivity index (χ0) is 21.5. The molecule has 1 aromatic carbocycles. The van der Waals surface area contributed by atoms with Crippen molar-refractivity contribution in [1.82, 2.24) is 10.3 Å². The smallest absolute Gasteiger partial charge is 0.308 e. The van der Waals surface area contributed by atoms with Gasteiger partial charge in [0.05, 0.1) is 23.8 Å². The largest absolute Gasteiger partial charge is 0.459 e. The standard InChI is InChI=1S/C21H21N3O4S2/c1-14(25)22-18(19-9-6-10-29-19)11-20(27)28-12-16-13-30-21(23-16)24(15(2)26)17-7-4-3-5-8-17/h3-10,13,18H,11-12H2,1-2H3,(H,22,25). The third-order valence-electron chi connectivity index (χ3n) is 4.08. The number of aromatic nitrogens is 1. The van der Waals surface area contributed by atoms with Crippen molar-refractivity contribution in [2.45, 2.75) is 32.9 Å². The lowest BCUT2D eigenvalue weighted by Crippen LogP contribution is -2.28. The Morgan fingerprint density at radius 3 is 2.50 bits per heavy atom. The number of amides is 2. The number of rotatable bonds is 8. The van der Waals surface area contributed by atoms with Crippen LogP contribution in [0.15, 0.2) is 53.2 Å². The van der Waals surface area contributed by atoms with Gasteiger partial charge in [0.2, 0.25) is 11.8 Å². The maximum Gasteiger partial charge on any atom is 0.308 e. The number of thiophene rings is 1. The molecule has 2 amide bonds. The lowest BCUT2D eigenvalue weighted by atomic mass is 10.1. The van der Waals surface area contributed by atoms with Crippen LogP contribution in [0.25, 0.3) is 0 Å². The van der Waals surface area contributed by atoms with E-state index >= 15 is 0 Å². The summed E-state index contributed by atoms with van der Waals surface area (Å²) in [7, 11) is 0. The molecule has 3 aromatic rings. The van der Waals surface area contributed by atoms with Gasteiger partial charge in [0, 0.05) is 24.1 Å². The summed E-state index contributed by atoms with van der Waals surface area (Å²) >= 11 is 2.77. The van der Waals surface area contributed by atoms with Crippen molar-refractivity contribution < 1.29 is 19.1 Å². The molecule has 0 bridgehead atoms. The molecule has 0 fully saturated rings. The predicted molar refractivity (Wildman–Crippen MR) is 117 cm³/mol. The van der Waals surface area contributed by atoms with E-state index in [1.54, 1.807) is 5.38 Å². The molecule has 1 atom stereocenters. The van der Waals surface area contributed by atoms with Gasteiger partial charge in [-0.3, -0.25) is 19.3 Å². The van der Waals surface area contributed by atoms with E-state index in [-0.39, 0.29) is 24.8 Å². The Labute approximate surface area is 182 Å². The monoisotopic (exact) mass is 443 g/mol. The highest BCUT2D eigenvalue weighted by atomic mass is 32.1. The van der Waals surface area contributed by atoms with Gasteiger partial charge in [-0.25, -0.2) is 4.98 Å². The second-order valence-electron chi connectivity index (χ2n) is 6.44. The Morgan fingerprint density at radius 2 is 1.87 bits per heavy atom. The Hall–Kier alpha value is -3.04. The number of anilines is 2. The van der Waals surface area contributed by atoms with Crippen LogP contribution >= 0.6 is 22.7 Å². The number of nitrogens with one attached hydrogen (secondary N) is 1. The van der Waals surface area contributed by atoms with Crippen LogP contribution in [-0.2, 0) is 25.7 Å². The summed E-state index contributed by atoms with van der Waals surface area (Å²) in [5.41, 5.74) is 1.27. The number of carbonyl (C=O) groups excluding carboxylic acids is 3. The molecule has 1 N–H and O–H groups in total. The number of nitrogens with zero attached hydrogens (tertiary/aromatic N) is 2. The van der Waals surface area contributed by atoms with Gasteiger partial charge < -0.3 is 10.1 Å². The van der Waals surface area contributed by atoms with Gasteiger partial charge in [0.25, 0.3) is 0 Å². The SMILES string of the molecule is CC(=O)NC(CC(=O)OCc1csc(N(C(C)=O)c2ccccc2)n1)c1cccs1. The van der Waals surface area contributed by atoms with Crippen LogP contribution in [0.3, 0.4) is 0 Å². The van der Waals surface area contributed by atoms with Gasteiger partial charge in [-0.2, -0.15) is 0 Å². The van der Waals surface area contributed by atoms with Crippen molar-refractivity contribution in [3.8, 4) is 0 Å². The number of thiazole rings is 1. The van der Waals surface area contributed by atoms with Gasteiger partial charge in [0.15, 0.2) is 5.13 Å². The van der Waals surface area contributed by atoms with Crippen molar-refractivity contribution in [3.63, 3.8) is 0 Å². The van der Waals surface area contributed by atoms with E-state index in [0.717, 1.165) is 10.6 Å². The Balaban J connectivity index is 1.62. The average Bonchev–Trinajstić information content (AvgIpc) is 3.39. The summed E-state index contributed by atoms with van der Waals surface area (Å²) in [5, 5.41) is 6.93. The number of hydrogen-bond donors (Lipinski definition) is 1. The highest BCUT2D eigenvalue weighted by molar-refractivity contribution is 7.14. The van der Waals surface area contributed by atoms with Gasteiger partial charge >= 0.3 is 5.97 Å². The molecule has 156 valence electrons. The molecule has 2 heterocycles. The third kappa shape index (κ3) is 5.74. The second kappa shape index (κ2) is 10.1. The molecule has 0 radical (unpaired) electrons. The van der Waals surface area contributed by atoms with Gasteiger partial charge in [0.1, 0.15) is 6.61 Å². The van der Waals surface area contributed by atoms with Crippen LogP contribution in [0, 0.1) is 0 Å². The van der Waals surface area contributed by atoms with Crippen molar-refractivity contribution in [2.75, 3.05) is 4.90 Å². The quantitative estimate of drug-likeness (QED) is 0.527. The molecule has 0 aliphatic carbocycles. The van der Waals surface area contributed by atoms with Crippen LogP contribution < -0.4 is 10.2 Å². The molecule has 2 aromatic heterocycles. The number of hydrogen-bond acceptors (Lipinski definition) is 7. The molecule has 0 spiro atoms. The van der Waals surface area contributed by atoms with Gasteiger partial charge in [-0.15, -0.1) is 22.7 Å². The Bertz CT molecular complexity index is 1000. The van der Waals surface area contributed by atoms with Crippen LogP contribution in [-0.4, -0.2) is 22.8 Å². The van der Waals surface area contributed by atoms with Gasteiger partial charge in [-0.05, 0) is 23.6 Å². The molecular formula is C21H21N3O4S2. The van der Waals surface area contributed by atoms with E-state index < -0.39 is 12.0 Å². The average molecular weight is 444 g/mol. The molecule has 0 saturated carbocycles. The van der Waals surface area contributed by atoms with Crippen molar-refractivity contribution in [3.05, 3.63) is 63.8 Å². The maximum atomic E-state index is 12.3. The summed E-state index contributed by atoms with van der Waals surface area (Å²) < 4.78 is 5.35. The fourth-order valence-corrected chi connectivity index (χ4v) is 4.46. The van der Waals surface area contributed by atoms with E-state index in [9.17, 15) is 14.4 Å². The summed E-state index contributed by atoms with van der Waals surface area (Å²) in [6.45, 7) is 2.88. The number of ether oxygens (including phenoxy) is 1. The molecule has 30 heavy (non-hydrogen) atoms. The molecular weight excluding hydrogens is 422 g/mol. The maximum absolute atomic E-state index is 12.3. The highest BCUT2D eigenvalue weighted by Crippen LogP contribution is 2.29. The number of esters is 1. The first-order chi connectivity index (χ1) is 14.4. The zero-order valence-electron chi connectivity index (χ0n) is 16.5.